The second kappa shape index (κ2) is 4.95. The molecule has 0 aromatic heterocycles. The smallest absolute Gasteiger partial charge is 0.126 e. The number of benzene rings is 2. The highest BCUT2D eigenvalue weighted by Crippen LogP contribution is 2.41. The molecule has 1 unspecified atom stereocenters. The normalized spacial score (nSPS) is 21.2. The number of para-hydroxylation sites is 1. The van der Waals surface area contributed by atoms with Crippen LogP contribution in [0.1, 0.15) is 46.4 Å². The Hall–Kier alpha value is -1.80. The van der Waals surface area contributed by atoms with Crippen molar-refractivity contribution in [1.82, 2.24) is 0 Å². The molecule has 0 amide bonds. The van der Waals surface area contributed by atoms with Crippen molar-refractivity contribution in [2.45, 2.75) is 39.3 Å². The fourth-order valence-corrected chi connectivity index (χ4v) is 3.33. The van der Waals surface area contributed by atoms with Crippen molar-refractivity contribution in [3.63, 3.8) is 0 Å². The maximum Gasteiger partial charge on any atom is 0.126 e. The topological polar surface area (TPSA) is 35.2 Å². The summed E-state index contributed by atoms with van der Waals surface area (Å²) in [6.07, 6.45) is 0.891. The average molecular weight is 267 g/mol. The summed E-state index contributed by atoms with van der Waals surface area (Å²) in [5, 5.41) is 0. The van der Waals surface area contributed by atoms with Gasteiger partial charge in [-0.15, -0.1) is 0 Å². The van der Waals surface area contributed by atoms with Crippen LogP contribution < -0.4 is 10.5 Å². The minimum Gasteiger partial charge on any atom is -0.485 e. The quantitative estimate of drug-likeness (QED) is 0.843. The van der Waals surface area contributed by atoms with Gasteiger partial charge in [-0.3, -0.25) is 0 Å². The first-order valence-electron chi connectivity index (χ1n) is 7.15. The van der Waals surface area contributed by atoms with Crippen LogP contribution in [-0.4, -0.2) is 0 Å². The fraction of sp³-hybridized carbons (Fsp3) is 0.333. The number of hydrogen-bond acceptors (Lipinski definition) is 2. The van der Waals surface area contributed by atoms with Crippen LogP contribution in [0.4, 0.5) is 0 Å². The van der Waals surface area contributed by atoms with Crippen LogP contribution in [0.5, 0.6) is 5.75 Å². The number of rotatable bonds is 1. The van der Waals surface area contributed by atoms with Gasteiger partial charge < -0.3 is 10.5 Å². The van der Waals surface area contributed by atoms with Crippen LogP contribution in [0.2, 0.25) is 0 Å². The molecule has 20 heavy (non-hydrogen) atoms. The predicted molar refractivity (Wildman–Crippen MR) is 82.0 cm³/mol. The molecule has 0 bridgehead atoms. The predicted octanol–water partition coefficient (Wildman–Crippen LogP) is 4.14. The number of fused-ring (bicyclic) bond motifs is 1. The summed E-state index contributed by atoms with van der Waals surface area (Å²) in [7, 11) is 0. The summed E-state index contributed by atoms with van der Waals surface area (Å²) in [5.74, 6) is 0.927. The highest BCUT2D eigenvalue weighted by Gasteiger charge is 2.28. The molecule has 0 saturated carbocycles. The van der Waals surface area contributed by atoms with Crippen LogP contribution in [0.3, 0.4) is 0 Å². The number of hydrogen-bond donors (Lipinski definition) is 1. The zero-order valence-corrected chi connectivity index (χ0v) is 12.3. The molecule has 3 rings (SSSR count). The maximum absolute atomic E-state index is 6.32. The summed E-state index contributed by atoms with van der Waals surface area (Å²) < 4.78 is 6.21. The Morgan fingerprint density at radius 3 is 2.40 bits per heavy atom. The number of nitrogens with two attached hydrogens (primary N) is 1. The van der Waals surface area contributed by atoms with E-state index in [1.54, 1.807) is 0 Å². The molecule has 2 aromatic carbocycles. The van der Waals surface area contributed by atoms with Gasteiger partial charge in [0.1, 0.15) is 11.9 Å². The molecule has 2 atom stereocenters. The van der Waals surface area contributed by atoms with Crippen molar-refractivity contribution < 1.29 is 4.74 Å². The Bertz CT molecular complexity index is 625. The van der Waals surface area contributed by atoms with Gasteiger partial charge in [0.25, 0.3) is 0 Å². The molecule has 0 spiro atoms. The summed E-state index contributed by atoms with van der Waals surface area (Å²) in [6.45, 7) is 6.45. The first-order chi connectivity index (χ1) is 9.56. The molecule has 0 radical (unpaired) electrons. The second-order valence-corrected chi connectivity index (χ2v) is 5.80. The van der Waals surface area contributed by atoms with Crippen molar-refractivity contribution in [2.24, 2.45) is 5.73 Å². The van der Waals surface area contributed by atoms with Gasteiger partial charge in [0, 0.05) is 18.0 Å². The van der Waals surface area contributed by atoms with Crippen molar-refractivity contribution >= 4 is 0 Å². The number of ether oxygens (including phenoxy) is 1. The molecule has 2 aromatic rings. The molecule has 0 fully saturated rings. The van der Waals surface area contributed by atoms with Gasteiger partial charge in [-0.2, -0.15) is 0 Å². The lowest BCUT2D eigenvalue weighted by Gasteiger charge is -2.32. The molecule has 1 aliphatic heterocycles. The third kappa shape index (κ3) is 2.20. The molecule has 104 valence electrons. The molecule has 2 heteroatoms. The average Bonchev–Trinajstić information content (AvgIpc) is 2.37. The van der Waals surface area contributed by atoms with Crippen LogP contribution in [0.15, 0.2) is 36.4 Å². The summed E-state index contributed by atoms with van der Waals surface area (Å²) >= 11 is 0. The minimum atomic E-state index is 0.0463. The minimum absolute atomic E-state index is 0.0463. The van der Waals surface area contributed by atoms with Crippen LogP contribution >= 0.6 is 0 Å². The Balaban J connectivity index is 2.02. The van der Waals surface area contributed by atoms with Gasteiger partial charge in [-0.25, -0.2) is 0 Å². The SMILES string of the molecule is Cc1cc(C)c(C2C[C@@H](N)c3ccccc3O2)c(C)c1. The van der Waals surface area contributed by atoms with Crippen LogP contribution in [0, 0.1) is 20.8 Å². The second-order valence-electron chi connectivity index (χ2n) is 5.80. The lowest BCUT2D eigenvalue weighted by molar-refractivity contribution is 0.160. The standard InChI is InChI=1S/C18H21NO/c1-11-8-12(2)18(13(3)9-11)17-10-15(19)14-6-4-5-7-16(14)20-17/h4-9,15,17H,10,19H2,1-3H3/t15-,17?/m1/s1. The van der Waals surface area contributed by atoms with Gasteiger partial charge in [0.15, 0.2) is 0 Å². The van der Waals surface area contributed by atoms with Crippen molar-refractivity contribution in [2.75, 3.05) is 0 Å². The molecular weight excluding hydrogens is 246 g/mol. The van der Waals surface area contributed by atoms with Gasteiger partial charge >= 0.3 is 0 Å². The zero-order valence-electron chi connectivity index (χ0n) is 12.3. The molecular formula is C18H21NO. The monoisotopic (exact) mass is 267 g/mol. The van der Waals surface area contributed by atoms with Gasteiger partial charge in [-0.1, -0.05) is 35.9 Å². The van der Waals surface area contributed by atoms with E-state index in [0.717, 1.165) is 17.7 Å². The number of aryl methyl sites for hydroxylation is 3. The van der Waals surface area contributed by atoms with E-state index in [1.165, 1.54) is 22.3 Å². The van der Waals surface area contributed by atoms with Crippen LogP contribution in [0.25, 0.3) is 0 Å². The van der Waals surface area contributed by atoms with Gasteiger partial charge in [-0.05, 0) is 43.5 Å². The summed E-state index contributed by atoms with van der Waals surface area (Å²) in [6, 6.07) is 12.6. The molecule has 0 saturated heterocycles. The van der Waals surface area contributed by atoms with Crippen LogP contribution in [-0.2, 0) is 0 Å². The molecule has 1 heterocycles. The Kier molecular flexibility index (Phi) is 3.27. The third-order valence-electron chi connectivity index (χ3n) is 4.12. The zero-order chi connectivity index (χ0) is 14.3. The lowest BCUT2D eigenvalue weighted by atomic mass is 9.88. The highest BCUT2D eigenvalue weighted by atomic mass is 16.5. The Morgan fingerprint density at radius 1 is 1.05 bits per heavy atom. The van der Waals surface area contributed by atoms with Crippen molar-refractivity contribution in [3.8, 4) is 5.75 Å². The van der Waals surface area contributed by atoms with E-state index in [9.17, 15) is 0 Å². The molecule has 2 N–H and O–H groups in total. The fourth-order valence-electron chi connectivity index (χ4n) is 3.33. The van der Waals surface area contributed by atoms with E-state index in [1.807, 2.05) is 18.2 Å². The molecule has 2 nitrogen and oxygen atoms in total. The summed E-state index contributed by atoms with van der Waals surface area (Å²) in [4.78, 5) is 0. The Morgan fingerprint density at radius 2 is 1.70 bits per heavy atom. The van der Waals surface area contributed by atoms with Crippen molar-refractivity contribution in [1.29, 1.82) is 0 Å². The highest BCUT2D eigenvalue weighted by molar-refractivity contribution is 5.43. The van der Waals surface area contributed by atoms with E-state index in [-0.39, 0.29) is 12.1 Å². The van der Waals surface area contributed by atoms with E-state index in [4.69, 9.17) is 10.5 Å². The molecule has 0 aliphatic carbocycles. The maximum atomic E-state index is 6.32. The van der Waals surface area contributed by atoms with E-state index in [0.29, 0.717) is 0 Å². The first-order valence-corrected chi connectivity index (χ1v) is 7.15. The van der Waals surface area contributed by atoms with Gasteiger partial charge in [0.2, 0.25) is 0 Å². The summed E-state index contributed by atoms with van der Waals surface area (Å²) in [5.41, 5.74) is 12.6. The van der Waals surface area contributed by atoms with Crippen molar-refractivity contribution in [3.05, 3.63) is 64.2 Å². The molecule has 1 aliphatic rings. The van der Waals surface area contributed by atoms with E-state index < -0.39 is 0 Å². The van der Waals surface area contributed by atoms with E-state index >= 15 is 0 Å². The Labute approximate surface area is 120 Å². The first kappa shape index (κ1) is 13.2. The lowest BCUT2D eigenvalue weighted by Crippen LogP contribution is -2.25. The van der Waals surface area contributed by atoms with Gasteiger partial charge in [0.05, 0.1) is 0 Å². The third-order valence-corrected chi connectivity index (χ3v) is 4.12. The van der Waals surface area contributed by atoms with E-state index in [2.05, 4.69) is 39.0 Å². The largest absolute Gasteiger partial charge is 0.485 e.